The SMILES string of the molecule is S=c1sc(SC[C@H]2CN[C@H](c3ccc(Cl)cc3)O2)nn1-c1ccccc1. The third-order valence-electron chi connectivity index (χ3n) is 3.95. The molecule has 0 saturated carbocycles. The van der Waals surface area contributed by atoms with Crippen molar-refractivity contribution in [1.82, 2.24) is 15.1 Å². The van der Waals surface area contributed by atoms with E-state index in [2.05, 4.69) is 10.4 Å². The molecule has 26 heavy (non-hydrogen) atoms. The molecule has 2 atom stereocenters. The molecule has 0 bridgehead atoms. The second-order valence-corrected chi connectivity index (χ2v) is 9.12. The number of thioether (sulfide) groups is 1. The molecule has 0 amide bonds. The number of benzene rings is 2. The highest BCUT2D eigenvalue weighted by molar-refractivity contribution is 8.01. The summed E-state index contributed by atoms with van der Waals surface area (Å²) in [5.74, 6) is 0.828. The summed E-state index contributed by atoms with van der Waals surface area (Å²) in [5.41, 5.74) is 2.08. The lowest BCUT2D eigenvalue weighted by Gasteiger charge is -2.12. The van der Waals surface area contributed by atoms with Crippen molar-refractivity contribution in [3.63, 3.8) is 0 Å². The minimum absolute atomic E-state index is 0.0852. The predicted octanol–water partition coefficient (Wildman–Crippen LogP) is 5.10. The smallest absolute Gasteiger partial charge is 0.184 e. The van der Waals surface area contributed by atoms with Crippen molar-refractivity contribution in [2.75, 3.05) is 12.3 Å². The summed E-state index contributed by atoms with van der Waals surface area (Å²) in [6, 6.07) is 17.7. The van der Waals surface area contributed by atoms with Crippen LogP contribution in [0.15, 0.2) is 58.9 Å². The fourth-order valence-corrected chi connectivity index (χ4v) is 5.19. The van der Waals surface area contributed by atoms with Crippen LogP contribution in [0.3, 0.4) is 0 Å². The van der Waals surface area contributed by atoms with Gasteiger partial charge in [0.2, 0.25) is 0 Å². The number of nitrogens with one attached hydrogen (secondary N) is 1. The van der Waals surface area contributed by atoms with Crippen LogP contribution in [0.2, 0.25) is 5.02 Å². The normalized spacial score (nSPS) is 19.7. The number of nitrogens with zero attached hydrogens (tertiary/aromatic N) is 2. The van der Waals surface area contributed by atoms with Gasteiger partial charge < -0.3 is 4.74 Å². The molecule has 4 rings (SSSR count). The van der Waals surface area contributed by atoms with Gasteiger partial charge in [-0.1, -0.05) is 65.0 Å². The standard InChI is InChI=1S/C18H16ClN3OS3/c19-13-8-6-12(7-9-13)16-20-10-15(23-16)11-25-17-21-22(18(24)26-17)14-4-2-1-3-5-14/h1-9,15-16,20H,10-11H2/t15-,16+/m1/s1. The summed E-state index contributed by atoms with van der Waals surface area (Å²) in [4.78, 5) is 0. The van der Waals surface area contributed by atoms with Crippen LogP contribution in [0.1, 0.15) is 11.8 Å². The fraction of sp³-hybridized carbons (Fsp3) is 0.222. The molecule has 0 radical (unpaired) electrons. The van der Waals surface area contributed by atoms with Gasteiger partial charge in [0.15, 0.2) is 8.29 Å². The van der Waals surface area contributed by atoms with Crippen LogP contribution >= 0.6 is 46.9 Å². The van der Waals surface area contributed by atoms with Crippen LogP contribution < -0.4 is 5.32 Å². The van der Waals surface area contributed by atoms with Crippen molar-refractivity contribution in [2.24, 2.45) is 0 Å². The number of rotatable bonds is 5. The van der Waals surface area contributed by atoms with E-state index in [4.69, 9.17) is 28.6 Å². The highest BCUT2D eigenvalue weighted by Gasteiger charge is 2.26. The van der Waals surface area contributed by atoms with Gasteiger partial charge in [0.05, 0.1) is 11.8 Å². The van der Waals surface area contributed by atoms with E-state index in [1.54, 1.807) is 11.8 Å². The van der Waals surface area contributed by atoms with E-state index in [1.165, 1.54) is 11.3 Å². The Kier molecular flexibility index (Phi) is 5.73. The van der Waals surface area contributed by atoms with Gasteiger partial charge in [-0.05, 0) is 42.0 Å². The molecule has 1 aliphatic rings. The zero-order valence-corrected chi connectivity index (χ0v) is 16.9. The molecule has 0 spiro atoms. The summed E-state index contributed by atoms with van der Waals surface area (Å²) < 4.78 is 9.62. The number of hydrogen-bond donors (Lipinski definition) is 1. The van der Waals surface area contributed by atoms with E-state index >= 15 is 0 Å². The highest BCUT2D eigenvalue weighted by atomic mass is 35.5. The molecule has 2 heterocycles. The van der Waals surface area contributed by atoms with E-state index in [1.807, 2.05) is 59.3 Å². The molecule has 1 aliphatic heterocycles. The summed E-state index contributed by atoms with van der Waals surface area (Å²) in [6.45, 7) is 0.811. The monoisotopic (exact) mass is 421 g/mol. The van der Waals surface area contributed by atoms with Crippen LogP contribution in [0.25, 0.3) is 5.69 Å². The van der Waals surface area contributed by atoms with Crippen molar-refractivity contribution in [2.45, 2.75) is 16.7 Å². The van der Waals surface area contributed by atoms with Gasteiger partial charge in [-0.2, -0.15) is 0 Å². The molecular formula is C18H16ClN3OS3. The number of ether oxygens (including phenoxy) is 1. The van der Waals surface area contributed by atoms with Gasteiger partial charge in [-0.3, -0.25) is 5.32 Å². The Hall–Kier alpha value is -1.22. The van der Waals surface area contributed by atoms with E-state index in [-0.39, 0.29) is 12.3 Å². The Morgan fingerprint density at radius 2 is 2.00 bits per heavy atom. The molecule has 1 fully saturated rings. The van der Waals surface area contributed by atoms with E-state index in [0.717, 1.165) is 36.9 Å². The molecule has 1 saturated heterocycles. The lowest BCUT2D eigenvalue weighted by atomic mass is 10.2. The largest absolute Gasteiger partial charge is 0.354 e. The van der Waals surface area contributed by atoms with Crippen molar-refractivity contribution in [3.8, 4) is 5.69 Å². The highest BCUT2D eigenvalue weighted by Crippen LogP contribution is 2.29. The first-order valence-electron chi connectivity index (χ1n) is 8.12. The van der Waals surface area contributed by atoms with Crippen molar-refractivity contribution >= 4 is 46.9 Å². The Bertz CT molecular complexity index is 927. The van der Waals surface area contributed by atoms with Crippen LogP contribution in [0.5, 0.6) is 0 Å². The Morgan fingerprint density at radius 1 is 1.23 bits per heavy atom. The molecular weight excluding hydrogens is 406 g/mol. The first-order valence-corrected chi connectivity index (χ1v) is 10.7. The summed E-state index contributed by atoms with van der Waals surface area (Å²) in [6.07, 6.45) is 0.0428. The van der Waals surface area contributed by atoms with Crippen molar-refractivity contribution in [1.29, 1.82) is 0 Å². The maximum absolute atomic E-state index is 6.10. The molecule has 2 aromatic carbocycles. The van der Waals surface area contributed by atoms with Gasteiger partial charge in [-0.25, -0.2) is 4.68 Å². The topological polar surface area (TPSA) is 39.1 Å². The number of halogens is 1. The third-order valence-corrected chi connectivity index (χ3v) is 6.70. The third kappa shape index (κ3) is 4.19. The van der Waals surface area contributed by atoms with E-state index in [9.17, 15) is 0 Å². The first kappa shape index (κ1) is 18.2. The molecule has 134 valence electrons. The lowest BCUT2D eigenvalue weighted by molar-refractivity contribution is 0.0535. The maximum atomic E-state index is 6.10. The first-order chi connectivity index (χ1) is 12.7. The van der Waals surface area contributed by atoms with Gasteiger partial charge in [0.25, 0.3) is 0 Å². The van der Waals surface area contributed by atoms with Crippen LogP contribution in [0.4, 0.5) is 0 Å². The van der Waals surface area contributed by atoms with Crippen LogP contribution in [0, 0.1) is 3.95 Å². The Morgan fingerprint density at radius 3 is 2.77 bits per heavy atom. The summed E-state index contributed by atoms with van der Waals surface area (Å²) >= 11 is 14.6. The minimum atomic E-state index is -0.0852. The molecule has 4 nitrogen and oxygen atoms in total. The maximum Gasteiger partial charge on any atom is 0.184 e. The average molecular weight is 422 g/mol. The van der Waals surface area contributed by atoms with Gasteiger partial charge in [-0.15, -0.1) is 5.10 Å². The lowest BCUT2D eigenvalue weighted by Crippen LogP contribution is -2.16. The van der Waals surface area contributed by atoms with Gasteiger partial charge in [0, 0.05) is 17.3 Å². The quantitative estimate of drug-likeness (QED) is 0.458. The summed E-state index contributed by atoms with van der Waals surface area (Å²) in [7, 11) is 0. The number of hydrogen-bond acceptors (Lipinski definition) is 6. The number of para-hydroxylation sites is 1. The van der Waals surface area contributed by atoms with Crippen LogP contribution in [-0.2, 0) is 4.74 Å². The average Bonchev–Trinajstić information content (AvgIpc) is 3.28. The molecule has 1 N–H and O–H groups in total. The Labute approximate surface area is 170 Å². The van der Waals surface area contributed by atoms with Gasteiger partial charge in [0.1, 0.15) is 6.23 Å². The number of aromatic nitrogens is 2. The summed E-state index contributed by atoms with van der Waals surface area (Å²) in [5, 5.41) is 8.76. The fourth-order valence-electron chi connectivity index (χ4n) is 2.68. The van der Waals surface area contributed by atoms with Crippen molar-refractivity contribution < 1.29 is 4.74 Å². The van der Waals surface area contributed by atoms with Crippen LogP contribution in [-0.4, -0.2) is 28.2 Å². The molecule has 8 heteroatoms. The van der Waals surface area contributed by atoms with E-state index < -0.39 is 0 Å². The molecule has 1 aromatic heterocycles. The molecule has 3 aromatic rings. The second kappa shape index (κ2) is 8.21. The van der Waals surface area contributed by atoms with Crippen molar-refractivity contribution in [3.05, 3.63) is 69.1 Å². The predicted molar refractivity (Wildman–Crippen MR) is 110 cm³/mol. The van der Waals surface area contributed by atoms with Gasteiger partial charge >= 0.3 is 0 Å². The molecule has 0 aliphatic carbocycles. The Balaban J connectivity index is 1.37. The zero-order valence-electron chi connectivity index (χ0n) is 13.7. The minimum Gasteiger partial charge on any atom is -0.354 e. The second-order valence-electron chi connectivity index (χ2n) is 5.79. The zero-order chi connectivity index (χ0) is 17.9. The molecule has 0 unspecified atom stereocenters. The van der Waals surface area contributed by atoms with E-state index in [0.29, 0.717) is 0 Å².